The van der Waals surface area contributed by atoms with Gasteiger partial charge in [0.25, 0.3) is 0 Å². The summed E-state index contributed by atoms with van der Waals surface area (Å²) in [5.41, 5.74) is 8.48. The Morgan fingerprint density at radius 2 is 2.05 bits per heavy atom. The van der Waals surface area contributed by atoms with E-state index in [1.807, 2.05) is 13.0 Å². The highest BCUT2D eigenvalue weighted by Crippen LogP contribution is 2.23. The Morgan fingerprint density at radius 3 is 2.70 bits per heavy atom. The monoisotopic (exact) mass is 291 g/mol. The van der Waals surface area contributed by atoms with Crippen LogP contribution in [0.4, 0.5) is 5.69 Å². The molecule has 106 valence electrons. The van der Waals surface area contributed by atoms with Crippen molar-refractivity contribution >= 4 is 15.7 Å². The number of pyridine rings is 1. The van der Waals surface area contributed by atoms with Crippen LogP contribution in [0.15, 0.2) is 41.6 Å². The number of nitrogens with one attached hydrogen (secondary N) is 1. The van der Waals surface area contributed by atoms with Gasteiger partial charge in [0.1, 0.15) is 0 Å². The Kier molecular flexibility index (Phi) is 4.06. The SMILES string of the molecule is Cc1cc(N)c(C)c(S(=O)(=O)NCc2cccnc2)c1. The Hall–Kier alpha value is -1.92. The van der Waals surface area contributed by atoms with Crippen molar-refractivity contribution in [1.82, 2.24) is 9.71 Å². The lowest BCUT2D eigenvalue weighted by atomic mass is 10.1. The third-order valence-electron chi connectivity index (χ3n) is 3.02. The second kappa shape index (κ2) is 5.60. The van der Waals surface area contributed by atoms with Gasteiger partial charge >= 0.3 is 0 Å². The molecule has 0 saturated carbocycles. The lowest BCUT2D eigenvalue weighted by Crippen LogP contribution is -2.24. The van der Waals surface area contributed by atoms with Crippen molar-refractivity contribution in [3.8, 4) is 0 Å². The summed E-state index contributed by atoms with van der Waals surface area (Å²) < 4.78 is 27.3. The summed E-state index contributed by atoms with van der Waals surface area (Å²) in [5, 5.41) is 0. The van der Waals surface area contributed by atoms with Gasteiger partial charge in [-0.05, 0) is 48.7 Å². The van der Waals surface area contributed by atoms with E-state index in [1.165, 1.54) is 0 Å². The lowest BCUT2D eigenvalue weighted by Gasteiger charge is -2.12. The van der Waals surface area contributed by atoms with Gasteiger partial charge < -0.3 is 5.73 Å². The minimum Gasteiger partial charge on any atom is -0.398 e. The summed E-state index contributed by atoms with van der Waals surface area (Å²) in [4.78, 5) is 4.17. The fourth-order valence-corrected chi connectivity index (χ4v) is 3.26. The minimum absolute atomic E-state index is 0.198. The highest BCUT2D eigenvalue weighted by atomic mass is 32.2. The molecule has 5 nitrogen and oxygen atoms in total. The number of anilines is 1. The molecule has 0 radical (unpaired) electrons. The fourth-order valence-electron chi connectivity index (χ4n) is 1.89. The zero-order valence-corrected chi connectivity index (χ0v) is 12.2. The average molecular weight is 291 g/mol. The summed E-state index contributed by atoms with van der Waals surface area (Å²) in [7, 11) is -3.59. The molecule has 1 heterocycles. The van der Waals surface area contributed by atoms with Gasteiger partial charge in [0, 0.05) is 24.6 Å². The van der Waals surface area contributed by atoms with E-state index < -0.39 is 10.0 Å². The van der Waals surface area contributed by atoms with E-state index >= 15 is 0 Å². The maximum absolute atomic E-state index is 12.3. The van der Waals surface area contributed by atoms with E-state index in [9.17, 15) is 8.42 Å². The number of sulfonamides is 1. The molecular weight excluding hydrogens is 274 g/mol. The Balaban J connectivity index is 2.27. The van der Waals surface area contributed by atoms with E-state index in [0.717, 1.165) is 11.1 Å². The molecule has 0 atom stereocenters. The molecule has 1 aromatic heterocycles. The lowest BCUT2D eigenvalue weighted by molar-refractivity contribution is 0.580. The minimum atomic E-state index is -3.59. The van der Waals surface area contributed by atoms with E-state index in [-0.39, 0.29) is 11.4 Å². The molecule has 6 heteroatoms. The van der Waals surface area contributed by atoms with E-state index in [0.29, 0.717) is 11.3 Å². The van der Waals surface area contributed by atoms with Crippen LogP contribution in [-0.2, 0) is 16.6 Å². The predicted octanol–water partition coefficient (Wildman–Crippen LogP) is 1.76. The number of hydrogen-bond donors (Lipinski definition) is 2. The van der Waals surface area contributed by atoms with Gasteiger partial charge in [-0.25, -0.2) is 13.1 Å². The van der Waals surface area contributed by atoms with Crippen molar-refractivity contribution in [2.75, 3.05) is 5.73 Å². The molecule has 0 aliphatic heterocycles. The highest BCUT2D eigenvalue weighted by molar-refractivity contribution is 7.89. The van der Waals surface area contributed by atoms with Crippen molar-refractivity contribution in [3.63, 3.8) is 0 Å². The topological polar surface area (TPSA) is 85.1 Å². The van der Waals surface area contributed by atoms with E-state index in [4.69, 9.17) is 5.73 Å². The quantitative estimate of drug-likeness (QED) is 0.841. The van der Waals surface area contributed by atoms with Crippen LogP contribution in [-0.4, -0.2) is 13.4 Å². The molecule has 0 bridgehead atoms. The summed E-state index contributed by atoms with van der Waals surface area (Å²) in [6, 6.07) is 6.96. The van der Waals surface area contributed by atoms with Crippen molar-refractivity contribution in [3.05, 3.63) is 53.3 Å². The first-order chi connectivity index (χ1) is 9.40. The van der Waals surface area contributed by atoms with Crippen LogP contribution in [0.5, 0.6) is 0 Å². The summed E-state index contributed by atoms with van der Waals surface area (Å²) >= 11 is 0. The molecule has 2 rings (SSSR count). The number of aromatic nitrogens is 1. The van der Waals surface area contributed by atoms with Gasteiger partial charge in [0.2, 0.25) is 10.0 Å². The number of benzene rings is 1. The largest absolute Gasteiger partial charge is 0.398 e. The Bertz CT molecular complexity index is 713. The van der Waals surface area contributed by atoms with Gasteiger partial charge in [-0.1, -0.05) is 6.07 Å². The van der Waals surface area contributed by atoms with E-state index in [1.54, 1.807) is 37.5 Å². The van der Waals surface area contributed by atoms with Crippen LogP contribution >= 0.6 is 0 Å². The van der Waals surface area contributed by atoms with Crippen molar-refractivity contribution < 1.29 is 8.42 Å². The molecule has 3 N–H and O–H groups in total. The van der Waals surface area contributed by atoms with Gasteiger partial charge in [-0.3, -0.25) is 4.98 Å². The normalized spacial score (nSPS) is 11.5. The van der Waals surface area contributed by atoms with Gasteiger partial charge in [0.15, 0.2) is 0 Å². The first-order valence-electron chi connectivity index (χ1n) is 6.15. The third-order valence-corrected chi connectivity index (χ3v) is 4.55. The summed E-state index contributed by atoms with van der Waals surface area (Å²) in [6.07, 6.45) is 3.27. The molecule has 0 amide bonds. The van der Waals surface area contributed by atoms with Crippen LogP contribution in [0, 0.1) is 13.8 Å². The van der Waals surface area contributed by atoms with Crippen LogP contribution in [0.2, 0.25) is 0 Å². The molecular formula is C14H17N3O2S. The van der Waals surface area contributed by atoms with Crippen molar-refractivity contribution in [2.45, 2.75) is 25.3 Å². The second-order valence-electron chi connectivity index (χ2n) is 4.66. The standard InChI is InChI=1S/C14H17N3O2S/c1-10-6-13(15)11(2)14(7-10)20(18,19)17-9-12-4-3-5-16-8-12/h3-8,17H,9,15H2,1-2H3. The first-order valence-corrected chi connectivity index (χ1v) is 7.64. The molecule has 0 saturated heterocycles. The number of aryl methyl sites for hydroxylation is 1. The molecule has 0 aliphatic carbocycles. The maximum Gasteiger partial charge on any atom is 0.241 e. The zero-order chi connectivity index (χ0) is 14.8. The Morgan fingerprint density at radius 1 is 1.30 bits per heavy atom. The van der Waals surface area contributed by atoms with Crippen molar-refractivity contribution in [2.24, 2.45) is 0 Å². The maximum atomic E-state index is 12.3. The first kappa shape index (κ1) is 14.5. The average Bonchev–Trinajstić information content (AvgIpc) is 2.42. The molecule has 2 aromatic rings. The molecule has 0 aliphatic rings. The van der Waals surface area contributed by atoms with E-state index in [2.05, 4.69) is 9.71 Å². The third kappa shape index (κ3) is 3.15. The van der Waals surface area contributed by atoms with Crippen LogP contribution < -0.4 is 10.5 Å². The number of nitrogen functional groups attached to an aromatic ring is 1. The molecule has 1 aromatic carbocycles. The predicted molar refractivity (Wildman–Crippen MR) is 78.6 cm³/mol. The van der Waals surface area contributed by atoms with Crippen LogP contribution in [0.3, 0.4) is 0 Å². The number of nitrogens with zero attached hydrogens (tertiary/aromatic N) is 1. The molecule has 0 spiro atoms. The molecule has 0 unspecified atom stereocenters. The van der Waals surface area contributed by atoms with Crippen LogP contribution in [0.25, 0.3) is 0 Å². The number of nitrogens with two attached hydrogens (primary N) is 1. The Labute approximate surface area is 118 Å². The zero-order valence-electron chi connectivity index (χ0n) is 11.4. The van der Waals surface area contributed by atoms with Gasteiger partial charge in [-0.15, -0.1) is 0 Å². The van der Waals surface area contributed by atoms with Gasteiger partial charge in [-0.2, -0.15) is 0 Å². The summed E-state index contributed by atoms with van der Waals surface area (Å²) in [5.74, 6) is 0. The second-order valence-corrected chi connectivity index (χ2v) is 6.40. The highest BCUT2D eigenvalue weighted by Gasteiger charge is 2.18. The molecule has 0 fully saturated rings. The smallest absolute Gasteiger partial charge is 0.241 e. The van der Waals surface area contributed by atoms with Crippen molar-refractivity contribution in [1.29, 1.82) is 0 Å². The number of rotatable bonds is 4. The molecule has 20 heavy (non-hydrogen) atoms. The number of hydrogen-bond acceptors (Lipinski definition) is 4. The summed E-state index contributed by atoms with van der Waals surface area (Å²) in [6.45, 7) is 3.72. The fraction of sp³-hybridized carbons (Fsp3) is 0.214. The van der Waals surface area contributed by atoms with Crippen LogP contribution in [0.1, 0.15) is 16.7 Å². The van der Waals surface area contributed by atoms with Gasteiger partial charge in [0.05, 0.1) is 4.90 Å².